The lowest BCUT2D eigenvalue weighted by Crippen LogP contribution is -2.55. The third-order valence-corrected chi connectivity index (χ3v) is 6.00. The number of amides is 4. The summed E-state index contributed by atoms with van der Waals surface area (Å²) in [6.07, 6.45) is -1.33. The minimum Gasteiger partial charge on any atom is -0.478 e. The zero-order chi connectivity index (χ0) is 27.5. The van der Waals surface area contributed by atoms with E-state index in [1.807, 2.05) is 0 Å². The molecule has 0 bridgehead atoms. The quantitative estimate of drug-likeness (QED) is 0.373. The Hall–Kier alpha value is -3.76. The Morgan fingerprint density at radius 3 is 2.32 bits per heavy atom. The highest BCUT2D eigenvalue weighted by atomic mass is 35.5. The molecule has 2 atom stereocenters. The van der Waals surface area contributed by atoms with Crippen LogP contribution in [0.5, 0.6) is 0 Å². The van der Waals surface area contributed by atoms with Crippen LogP contribution >= 0.6 is 11.6 Å². The number of aromatic carboxylic acids is 1. The molecule has 2 aromatic rings. The predicted octanol–water partition coefficient (Wildman–Crippen LogP) is 3.79. The van der Waals surface area contributed by atoms with Crippen LogP contribution in [0, 0.1) is 5.41 Å². The van der Waals surface area contributed by atoms with Crippen molar-refractivity contribution in [3.05, 3.63) is 64.7 Å². The van der Waals surface area contributed by atoms with Crippen molar-refractivity contribution in [3.8, 4) is 0 Å². The number of ketones is 1. The Morgan fingerprint density at radius 2 is 1.76 bits per heavy atom. The van der Waals surface area contributed by atoms with Gasteiger partial charge in [-0.2, -0.15) is 0 Å². The number of halogens is 1. The number of imide groups is 1. The van der Waals surface area contributed by atoms with Gasteiger partial charge in [-0.05, 0) is 30.7 Å². The van der Waals surface area contributed by atoms with E-state index in [1.54, 1.807) is 58.0 Å². The average Bonchev–Trinajstić information content (AvgIpc) is 3.05. The lowest BCUT2D eigenvalue weighted by atomic mass is 9.85. The van der Waals surface area contributed by atoms with Gasteiger partial charge in [-0.25, -0.2) is 14.5 Å². The van der Waals surface area contributed by atoms with Crippen LogP contribution in [0.25, 0.3) is 0 Å². The van der Waals surface area contributed by atoms with Crippen molar-refractivity contribution in [1.29, 1.82) is 0 Å². The van der Waals surface area contributed by atoms with Gasteiger partial charge in [0.15, 0.2) is 11.8 Å². The number of anilines is 1. The first-order valence-electron chi connectivity index (χ1n) is 11.5. The number of hydrogen-bond acceptors (Lipinski definition) is 6. The second kappa shape index (κ2) is 11.1. The average molecular weight is 530 g/mol. The van der Waals surface area contributed by atoms with E-state index >= 15 is 0 Å². The summed E-state index contributed by atoms with van der Waals surface area (Å²) < 4.78 is 5.56. The minimum absolute atomic E-state index is 0.0110. The topological polar surface area (TPSA) is 133 Å². The van der Waals surface area contributed by atoms with E-state index in [9.17, 15) is 29.1 Å². The fourth-order valence-electron chi connectivity index (χ4n) is 3.79. The number of carbonyl (C=O) groups is 5. The zero-order valence-electron chi connectivity index (χ0n) is 20.9. The molecule has 1 fully saturated rings. The van der Waals surface area contributed by atoms with Gasteiger partial charge in [0.05, 0.1) is 22.8 Å². The van der Waals surface area contributed by atoms with E-state index in [0.717, 1.165) is 16.5 Å². The number of urea groups is 1. The molecular weight excluding hydrogens is 502 g/mol. The lowest BCUT2D eigenvalue weighted by molar-refractivity contribution is -0.149. The lowest BCUT2D eigenvalue weighted by Gasteiger charge is -2.29. The molecule has 0 aliphatic carbocycles. The van der Waals surface area contributed by atoms with E-state index in [2.05, 4.69) is 5.32 Å². The SMILES string of the molecule is CCOC1C(=O)N(C(C(=O)Nc2cc(C(=O)O)ccc2Cl)C(=O)C(C)(C)C)C(=O)N1Cc1ccccc1. The fourth-order valence-corrected chi connectivity index (χ4v) is 3.96. The van der Waals surface area contributed by atoms with Gasteiger partial charge in [0.1, 0.15) is 0 Å². The molecule has 37 heavy (non-hydrogen) atoms. The van der Waals surface area contributed by atoms with Crippen LogP contribution in [0.15, 0.2) is 48.5 Å². The minimum atomic E-state index is -1.85. The number of rotatable bonds is 9. The van der Waals surface area contributed by atoms with Crippen molar-refractivity contribution in [3.63, 3.8) is 0 Å². The highest BCUT2D eigenvalue weighted by Crippen LogP contribution is 2.30. The number of hydrogen-bond donors (Lipinski definition) is 2. The van der Waals surface area contributed by atoms with Crippen molar-refractivity contribution in [2.24, 2.45) is 5.41 Å². The van der Waals surface area contributed by atoms with Gasteiger partial charge in [0, 0.05) is 12.0 Å². The number of benzene rings is 2. The Bertz CT molecular complexity index is 1230. The molecule has 0 aromatic heterocycles. The largest absolute Gasteiger partial charge is 0.478 e. The van der Waals surface area contributed by atoms with Gasteiger partial charge in [-0.15, -0.1) is 0 Å². The van der Waals surface area contributed by atoms with Crippen LogP contribution in [-0.2, 0) is 25.7 Å². The highest BCUT2D eigenvalue weighted by Gasteiger charge is 2.54. The third-order valence-electron chi connectivity index (χ3n) is 5.67. The molecule has 0 saturated carbocycles. The maximum absolute atomic E-state index is 13.6. The molecule has 1 heterocycles. The molecule has 1 saturated heterocycles. The monoisotopic (exact) mass is 529 g/mol. The smallest absolute Gasteiger partial charge is 0.335 e. The van der Waals surface area contributed by atoms with Gasteiger partial charge in [0.25, 0.3) is 11.8 Å². The molecular formula is C26H28ClN3O7. The molecule has 11 heteroatoms. The number of carboxylic acid groups (broad SMARTS) is 1. The summed E-state index contributed by atoms with van der Waals surface area (Å²) >= 11 is 6.15. The van der Waals surface area contributed by atoms with Crippen molar-refractivity contribution in [2.75, 3.05) is 11.9 Å². The molecule has 0 spiro atoms. The van der Waals surface area contributed by atoms with E-state index in [1.165, 1.54) is 12.1 Å². The number of carbonyl (C=O) groups excluding carboxylic acids is 4. The first kappa shape index (κ1) is 27.8. The van der Waals surface area contributed by atoms with Crippen molar-refractivity contribution in [1.82, 2.24) is 9.80 Å². The van der Waals surface area contributed by atoms with Gasteiger partial charge in [-0.3, -0.25) is 19.3 Å². The molecule has 2 N–H and O–H groups in total. The Balaban J connectivity index is 2.03. The first-order chi connectivity index (χ1) is 17.4. The molecule has 4 amide bonds. The number of nitrogens with zero attached hydrogens (tertiary/aromatic N) is 2. The normalized spacial score (nSPS) is 16.6. The third kappa shape index (κ3) is 5.98. The highest BCUT2D eigenvalue weighted by molar-refractivity contribution is 6.34. The second-order valence-electron chi connectivity index (χ2n) is 9.42. The first-order valence-corrected chi connectivity index (χ1v) is 11.9. The number of carboxylic acids is 1. The summed E-state index contributed by atoms with van der Waals surface area (Å²) in [7, 11) is 0. The second-order valence-corrected chi connectivity index (χ2v) is 9.83. The molecule has 2 aromatic carbocycles. The molecule has 3 rings (SSSR count). The van der Waals surface area contributed by atoms with Crippen molar-refractivity contribution >= 4 is 46.9 Å². The summed E-state index contributed by atoms with van der Waals surface area (Å²) in [5.74, 6) is -3.82. The molecule has 2 unspecified atom stereocenters. The molecule has 196 valence electrons. The summed E-state index contributed by atoms with van der Waals surface area (Å²) in [6.45, 7) is 6.44. The van der Waals surface area contributed by atoms with Crippen LogP contribution in [-0.4, -0.2) is 63.4 Å². The number of ether oxygens (including phenoxy) is 1. The number of nitrogens with one attached hydrogen (secondary N) is 1. The summed E-state index contributed by atoms with van der Waals surface area (Å²) in [5, 5.41) is 11.7. The van der Waals surface area contributed by atoms with Crippen LogP contribution in [0.4, 0.5) is 10.5 Å². The summed E-state index contributed by atoms with van der Waals surface area (Å²) in [6, 6.07) is 9.83. The van der Waals surface area contributed by atoms with Gasteiger partial charge >= 0.3 is 12.0 Å². The maximum Gasteiger partial charge on any atom is 0.335 e. The van der Waals surface area contributed by atoms with Crippen molar-refractivity contribution < 1.29 is 33.8 Å². The Morgan fingerprint density at radius 1 is 1.11 bits per heavy atom. The van der Waals surface area contributed by atoms with Crippen LogP contribution in [0.2, 0.25) is 5.02 Å². The van der Waals surface area contributed by atoms with Crippen LogP contribution in [0.3, 0.4) is 0 Å². The van der Waals surface area contributed by atoms with E-state index in [-0.39, 0.29) is 29.4 Å². The molecule has 1 aliphatic heterocycles. The summed E-state index contributed by atoms with van der Waals surface area (Å²) in [4.78, 5) is 67.1. The van der Waals surface area contributed by atoms with Gasteiger partial charge < -0.3 is 15.2 Å². The summed E-state index contributed by atoms with van der Waals surface area (Å²) in [5.41, 5.74) is -0.642. The van der Waals surface area contributed by atoms with Crippen molar-refractivity contribution in [2.45, 2.75) is 46.5 Å². The fraction of sp³-hybridized carbons (Fsp3) is 0.346. The van der Waals surface area contributed by atoms with E-state index in [0.29, 0.717) is 4.90 Å². The molecule has 0 radical (unpaired) electrons. The van der Waals surface area contributed by atoms with Crippen LogP contribution in [0.1, 0.15) is 43.6 Å². The Kier molecular flexibility index (Phi) is 8.35. The standard InChI is InChI=1S/C26H28ClN3O7/c1-5-37-23-22(33)30(25(36)29(23)14-15-9-7-6-8-10-15)19(20(31)26(2,3)4)21(32)28-18-13-16(24(34)35)11-12-17(18)27/h6-13,19,23H,5,14H2,1-4H3,(H,28,32)(H,34,35). The van der Waals surface area contributed by atoms with E-state index in [4.69, 9.17) is 16.3 Å². The van der Waals surface area contributed by atoms with E-state index < -0.39 is 47.3 Å². The number of Topliss-reactive ketones (excluding diaryl/α,β-unsaturated/α-hetero) is 1. The van der Waals surface area contributed by atoms with Gasteiger partial charge in [-0.1, -0.05) is 62.7 Å². The predicted molar refractivity (Wildman–Crippen MR) is 135 cm³/mol. The maximum atomic E-state index is 13.6. The molecule has 10 nitrogen and oxygen atoms in total. The molecule has 1 aliphatic rings. The van der Waals surface area contributed by atoms with Crippen LogP contribution < -0.4 is 5.32 Å². The Labute approximate surface area is 219 Å². The zero-order valence-corrected chi connectivity index (χ0v) is 21.6. The van der Waals surface area contributed by atoms with Gasteiger partial charge in [0.2, 0.25) is 6.23 Å².